The van der Waals surface area contributed by atoms with Gasteiger partial charge in [0, 0.05) is 19.1 Å². The van der Waals surface area contributed by atoms with E-state index < -0.39 is 0 Å². The summed E-state index contributed by atoms with van der Waals surface area (Å²) in [4.78, 5) is 13.6. The van der Waals surface area contributed by atoms with Gasteiger partial charge in [-0.05, 0) is 6.92 Å². The minimum Gasteiger partial charge on any atom is -0.373 e. The SMILES string of the molecule is CC(N)C1CN(C(=O)c2cn[nH]n2)CCO1. The Kier molecular flexibility index (Phi) is 3.16. The first-order valence-corrected chi connectivity index (χ1v) is 5.20. The van der Waals surface area contributed by atoms with Gasteiger partial charge in [0.05, 0.1) is 18.9 Å². The molecular weight excluding hydrogens is 210 g/mol. The molecule has 0 radical (unpaired) electrons. The molecular formula is C9H15N5O2. The molecule has 2 unspecified atom stereocenters. The van der Waals surface area contributed by atoms with E-state index in [1.54, 1.807) is 4.90 Å². The summed E-state index contributed by atoms with van der Waals surface area (Å²) >= 11 is 0. The lowest BCUT2D eigenvalue weighted by Gasteiger charge is -2.34. The van der Waals surface area contributed by atoms with E-state index in [9.17, 15) is 4.79 Å². The van der Waals surface area contributed by atoms with Crippen LogP contribution in [0.1, 0.15) is 17.4 Å². The summed E-state index contributed by atoms with van der Waals surface area (Å²) in [5, 5.41) is 9.79. The van der Waals surface area contributed by atoms with Gasteiger partial charge in [0.1, 0.15) is 0 Å². The van der Waals surface area contributed by atoms with Crippen LogP contribution in [0.15, 0.2) is 6.20 Å². The summed E-state index contributed by atoms with van der Waals surface area (Å²) in [5.41, 5.74) is 6.08. The van der Waals surface area contributed by atoms with Crippen LogP contribution in [0.25, 0.3) is 0 Å². The van der Waals surface area contributed by atoms with E-state index in [4.69, 9.17) is 10.5 Å². The summed E-state index contributed by atoms with van der Waals surface area (Å²) in [6, 6.07) is -0.0899. The van der Waals surface area contributed by atoms with E-state index >= 15 is 0 Å². The van der Waals surface area contributed by atoms with Crippen LogP contribution in [0, 0.1) is 0 Å². The van der Waals surface area contributed by atoms with Crippen LogP contribution in [0.4, 0.5) is 0 Å². The van der Waals surface area contributed by atoms with Gasteiger partial charge in [-0.3, -0.25) is 4.79 Å². The number of morpholine rings is 1. The number of amides is 1. The predicted molar refractivity (Wildman–Crippen MR) is 55.7 cm³/mol. The zero-order valence-electron chi connectivity index (χ0n) is 9.09. The maximum atomic E-state index is 11.9. The van der Waals surface area contributed by atoms with E-state index in [0.717, 1.165) is 0 Å². The van der Waals surface area contributed by atoms with Crippen molar-refractivity contribution in [2.45, 2.75) is 19.1 Å². The number of ether oxygens (including phenoxy) is 1. The van der Waals surface area contributed by atoms with Crippen molar-refractivity contribution in [1.82, 2.24) is 20.3 Å². The van der Waals surface area contributed by atoms with Crippen LogP contribution in [-0.2, 0) is 4.74 Å². The molecule has 0 aromatic carbocycles. The molecule has 2 atom stereocenters. The van der Waals surface area contributed by atoms with Crippen molar-refractivity contribution in [2.75, 3.05) is 19.7 Å². The number of hydrogen-bond donors (Lipinski definition) is 2. The molecule has 0 spiro atoms. The zero-order valence-corrected chi connectivity index (χ0v) is 9.09. The third kappa shape index (κ3) is 2.20. The fourth-order valence-electron chi connectivity index (χ4n) is 1.64. The highest BCUT2D eigenvalue weighted by molar-refractivity contribution is 5.91. The second-order valence-electron chi connectivity index (χ2n) is 3.87. The van der Waals surface area contributed by atoms with E-state index in [0.29, 0.717) is 25.4 Å². The van der Waals surface area contributed by atoms with E-state index in [2.05, 4.69) is 15.4 Å². The van der Waals surface area contributed by atoms with Crippen molar-refractivity contribution >= 4 is 5.91 Å². The quantitative estimate of drug-likeness (QED) is 0.672. The lowest BCUT2D eigenvalue weighted by molar-refractivity contribution is -0.0301. The van der Waals surface area contributed by atoms with Crippen LogP contribution in [-0.4, -0.2) is 58.1 Å². The van der Waals surface area contributed by atoms with Gasteiger partial charge in [0.25, 0.3) is 5.91 Å². The maximum absolute atomic E-state index is 11.9. The van der Waals surface area contributed by atoms with Crippen molar-refractivity contribution in [3.05, 3.63) is 11.9 Å². The summed E-state index contributed by atoms with van der Waals surface area (Å²) in [6.07, 6.45) is 1.31. The van der Waals surface area contributed by atoms with Crippen molar-refractivity contribution in [3.8, 4) is 0 Å². The molecule has 1 aliphatic rings. The number of nitrogens with zero attached hydrogens (tertiary/aromatic N) is 3. The molecule has 1 aromatic rings. The maximum Gasteiger partial charge on any atom is 0.276 e. The minimum atomic E-state index is -0.136. The molecule has 2 rings (SSSR count). The number of nitrogens with one attached hydrogen (secondary N) is 1. The number of aromatic amines is 1. The van der Waals surface area contributed by atoms with Gasteiger partial charge in [-0.25, -0.2) is 0 Å². The predicted octanol–water partition coefficient (Wildman–Crippen LogP) is -1.01. The highest BCUT2D eigenvalue weighted by Crippen LogP contribution is 2.10. The Balaban J connectivity index is 2.02. The Bertz CT molecular complexity index is 351. The van der Waals surface area contributed by atoms with Gasteiger partial charge in [-0.1, -0.05) is 0 Å². The van der Waals surface area contributed by atoms with Crippen LogP contribution in [0.3, 0.4) is 0 Å². The zero-order chi connectivity index (χ0) is 11.5. The molecule has 3 N–H and O–H groups in total. The molecule has 88 valence electrons. The van der Waals surface area contributed by atoms with Crippen molar-refractivity contribution < 1.29 is 9.53 Å². The summed E-state index contributed by atoms with van der Waals surface area (Å²) in [7, 11) is 0. The van der Waals surface area contributed by atoms with Crippen molar-refractivity contribution in [1.29, 1.82) is 0 Å². The van der Waals surface area contributed by atoms with Crippen molar-refractivity contribution in [2.24, 2.45) is 5.73 Å². The minimum absolute atomic E-state index is 0.0899. The van der Waals surface area contributed by atoms with Crippen LogP contribution < -0.4 is 5.73 Å². The first-order chi connectivity index (χ1) is 7.68. The van der Waals surface area contributed by atoms with Gasteiger partial charge >= 0.3 is 0 Å². The smallest absolute Gasteiger partial charge is 0.276 e. The standard InChI is InChI=1S/C9H15N5O2/c1-6(10)8-5-14(2-3-16-8)9(15)7-4-11-13-12-7/h4,6,8H,2-3,5,10H2,1H3,(H,11,12,13). The highest BCUT2D eigenvalue weighted by Gasteiger charge is 2.28. The summed E-state index contributed by atoms with van der Waals surface area (Å²) in [6.45, 7) is 3.45. The lowest BCUT2D eigenvalue weighted by Crippen LogP contribution is -2.51. The molecule has 1 saturated heterocycles. The average molecular weight is 225 g/mol. The fourth-order valence-corrected chi connectivity index (χ4v) is 1.64. The van der Waals surface area contributed by atoms with Crippen molar-refractivity contribution in [3.63, 3.8) is 0 Å². The van der Waals surface area contributed by atoms with E-state index in [1.807, 2.05) is 6.92 Å². The number of nitrogens with two attached hydrogens (primary N) is 1. The number of carbonyl (C=O) groups is 1. The normalized spacial score (nSPS) is 23.1. The Morgan fingerprint density at radius 3 is 3.25 bits per heavy atom. The number of hydrogen-bond acceptors (Lipinski definition) is 5. The number of rotatable bonds is 2. The van der Waals surface area contributed by atoms with E-state index in [1.165, 1.54) is 6.20 Å². The Hall–Kier alpha value is -1.47. The first kappa shape index (κ1) is 11.0. The average Bonchev–Trinajstić information content (AvgIpc) is 2.81. The molecule has 0 aliphatic carbocycles. The second-order valence-corrected chi connectivity index (χ2v) is 3.87. The third-order valence-corrected chi connectivity index (χ3v) is 2.60. The van der Waals surface area contributed by atoms with E-state index in [-0.39, 0.29) is 18.1 Å². The van der Waals surface area contributed by atoms with Crippen LogP contribution in [0.5, 0.6) is 0 Å². The van der Waals surface area contributed by atoms with Gasteiger partial charge in [-0.15, -0.1) is 0 Å². The van der Waals surface area contributed by atoms with Gasteiger partial charge in [0.15, 0.2) is 5.69 Å². The largest absolute Gasteiger partial charge is 0.373 e. The Morgan fingerprint density at radius 2 is 2.62 bits per heavy atom. The van der Waals surface area contributed by atoms with Crippen LogP contribution in [0.2, 0.25) is 0 Å². The molecule has 0 saturated carbocycles. The molecule has 1 aliphatic heterocycles. The molecule has 7 nitrogen and oxygen atoms in total. The van der Waals surface area contributed by atoms with Gasteiger partial charge in [0.2, 0.25) is 0 Å². The Morgan fingerprint density at radius 1 is 1.81 bits per heavy atom. The number of H-pyrrole nitrogens is 1. The molecule has 1 fully saturated rings. The Labute approximate surface area is 92.9 Å². The lowest BCUT2D eigenvalue weighted by atomic mass is 10.1. The third-order valence-electron chi connectivity index (χ3n) is 2.60. The molecule has 1 amide bonds. The number of aromatic nitrogens is 3. The molecule has 1 aromatic heterocycles. The van der Waals surface area contributed by atoms with Gasteiger partial charge < -0.3 is 15.4 Å². The molecule has 2 heterocycles. The molecule has 16 heavy (non-hydrogen) atoms. The monoisotopic (exact) mass is 225 g/mol. The molecule has 0 bridgehead atoms. The first-order valence-electron chi connectivity index (χ1n) is 5.20. The molecule has 7 heteroatoms. The second kappa shape index (κ2) is 4.58. The number of carbonyl (C=O) groups excluding carboxylic acids is 1. The summed E-state index contributed by atoms with van der Waals surface area (Å²) < 4.78 is 5.47. The van der Waals surface area contributed by atoms with Gasteiger partial charge in [-0.2, -0.15) is 15.4 Å². The van der Waals surface area contributed by atoms with Crippen LogP contribution >= 0.6 is 0 Å². The fraction of sp³-hybridized carbons (Fsp3) is 0.667. The highest BCUT2D eigenvalue weighted by atomic mass is 16.5. The summed E-state index contributed by atoms with van der Waals surface area (Å²) in [5.74, 6) is -0.136. The topological polar surface area (TPSA) is 97.1 Å².